The zero-order chi connectivity index (χ0) is 14.0. The molecule has 1 aliphatic carbocycles. The van der Waals surface area contributed by atoms with Crippen molar-refractivity contribution >= 4 is 5.91 Å². The zero-order valence-electron chi connectivity index (χ0n) is 9.88. The molecular formula is C12H12F3NO3. The Hall–Kier alpha value is -1.76. The van der Waals surface area contributed by atoms with Gasteiger partial charge >= 0.3 is 0 Å². The summed E-state index contributed by atoms with van der Waals surface area (Å²) in [6.07, 6.45) is 3.32. The number of nitrogens with one attached hydrogen (secondary N) is 1. The molecule has 0 atom stereocenters. The van der Waals surface area contributed by atoms with Gasteiger partial charge in [-0.1, -0.05) is 12.8 Å². The summed E-state index contributed by atoms with van der Waals surface area (Å²) in [6, 6.07) is 0.373. The largest absolute Gasteiger partial charge is 0.503 e. The first-order valence-corrected chi connectivity index (χ1v) is 5.83. The molecule has 0 radical (unpaired) electrons. The molecule has 0 unspecified atom stereocenters. The molecule has 1 aromatic carbocycles. The minimum absolute atomic E-state index is 0.161. The van der Waals surface area contributed by atoms with Gasteiger partial charge in [-0.25, -0.2) is 14.3 Å². The molecule has 4 nitrogen and oxygen atoms in total. The van der Waals surface area contributed by atoms with Crippen molar-refractivity contribution in [3.05, 3.63) is 29.1 Å². The van der Waals surface area contributed by atoms with E-state index >= 15 is 0 Å². The SMILES string of the molecule is O=C(NOC1CCCC1)c1cc(F)c(F)c(O)c1F. The number of carbonyl (C=O) groups excluding carboxylic acids is 1. The predicted octanol–water partition coefficient (Wildman–Crippen LogP) is 2.41. The van der Waals surface area contributed by atoms with Crippen LogP contribution in [0.5, 0.6) is 5.75 Å². The Morgan fingerprint density at radius 1 is 1.26 bits per heavy atom. The molecule has 0 heterocycles. The van der Waals surface area contributed by atoms with Gasteiger partial charge in [0.25, 0.3) is 5.91 Å². The second kappa shape index (κ2) is 5.48. The molecule has 2 rings (SSSR count). The van der Waals surface area contributed by atoms with Crippen LogP contribution in [0.3, 0.4) is 0 Å². The van der Waals surface area contributed by atoms with E-state index in [2.05, 4.69) is 0 Å². The minimum Gasteiger partial charge on any atom is -0.503 e. The number of halogens is 3. The number of amides is 1. The number of aromatic hydroxyl groups is 1. The van der Waals surface area contributed by atoms with E-state index in [1.807, 2.05) is 5.48 Å². The molecule has 104 valence electrons. The average Bonchev–Trinajstić information content (AvgIpc) is 2.91. The predicted molar refractivity (Wildman–Crippen MR) is 58.8 cm³/mol. The summed E-state index contributed by atoms with van der Waals surface area (Å²) in [4.78, 5) is 16.6. The first-order chi connectivity index (χ1) is 9.00. The van der Waals surface area contributed by atoms with Crippen LogP contribution in [-0.4, -0.2) is 17.1 Å². The van der Waals surface area contributed by atoms with Gasteiger partial charge in [-0.05, 0) is 18.9 Å². The second-order valence-electron chi connectivity index (χ2n) is 4.34. The molecule has 7 heteroatoms. The monoisotopic (exact) mass is 275 g/mol. The Bertz CT molecular complexity index is 501. The Labute approximate surface area is 107 Å². The molecular weight excluding hydrogens is 263 g/mol. The van der Waals surface area contributed by atoms with Crippen LogP contribution >= 0.6 is 0 Å². The highest BCUT2D eigenvalue weighted by Gasteiger charge is 2.24. The van der Waals surface area contributed by atoms with Crippen molar-refractivity contribution in [3.63, 3.8) is 0 Å². The highest BCUT2D eigenvalue weighted by atomic mass is 19.2. The topological polar surface area (TPSA) is 58.6 Å². The van der Waals surface area contributed by atoms with E-state index in [4.69, 9.17) is 9.94 Å². The molecule has 2 N–H and O–H groups in total. The highest BCUT2D eigenvalue weighted by Crippen LogP contribution is 2.26. The standard InChI is InChI=1S/C12H12F3NO3/c13-8-5-7(9(14)11(17)10(8)15)12(18)16-19-6-3-1-2-4-6/h5-6,17H,1-4H2,(H,16,18). The summed E-state index contributed by atoms with van der Waals surface area (Å²) >= 11 is 0. The molecule has 19 heavy (non-hydrogen) atoms. The van der Waals surface area contributed by atoms with Gasteiger partial charge in [-0.3, -0.25) is 9.63 Å². The quantitative estimate of drug-likeness (QED) is 0.658. The van der Waals surface area contributed by atoms with E-state index in [1.54, 1.807) is 0 Å². The second-order valence-corrected chi connectivity index (χ2v) is 4.34. The fourth-order valence-electron chi connectivity index (χ4n) is 1.95. The molecule has 0 aliphatic heterocycles. The van der Waals surface area contributed by atoms with Crippen LogP contribution in [0.25, 0.3) is 0 Å². The summed E-state index contributed by atoms with van der Waals surface area (Å²) in [6.45, 7) is 0. The molecule has 0 saturated heterocycles. The fourth-order valence-corrected chi connectivity index (χ4v) is 1.95. The molecule has 1 aromatic rings. The Morgan fingerprint density at radius 2 is 1.89 bits per heavy atom. The number of rotatable bonds is 3. The van der Waals surface area contributed by atoms with E-state index in [0.29, 0.717) is 6.07 Å². The number of hydroxylamine groups is 1. The fraction of sp³-hybridized carbons (Fsp3) is 0.417. The number of hydrogen-bond donors (Lipinski definition) is 2. The van der Waals surface area contributed by atoms with Crippen molar-refractivity contribution in [2.45, 2.75) is 31.8 Å². The third kappa shape index (κ3) is 2.81. The van der Waals surface area contributed by atoms with Crippen molar-refractivity contribution in [2.24, 2.45) is 0 Å². The number of phenols is 1. The Balaban J connectivity index is 2.10. The van der Waals surface area contributed by atoms with E-state index in [1.165, 1.54) is 0 Å². The lowest BCUT2D eigenvalue weighted by Crippen LogP contribution is -2.29. The number of carbonyl (C=O) groups is 1. The maximum absolute atomic E-state index is 13.4. The number of hydrogen-bond acceptors (Lipinski definition) is 3. The van der Waals surface area contributed by atoms with Crippen LogP contribution in [0.1, 0.15) is 36.0 Å². The van der Waals surface area contributed by atoms with Gasteiger partial charge in [0.1, 0.15) is 0 Å². The normalized spacial score (nSPS) is 15.7. The molecule has 1 aliphatic rings. The van der Waals surface area contributed by atoms with Crippen molar-refractivity contribution in [2.75, 3.05) is 0 Å². The smallest absolute Gasteiger partial charge is 0.278 e. The maximum atomic E-state index is 13.4. The molecule has 0 bridgehead atoms. The van der Waals surface area contributed by atoms with Crippen LogP contribution < -0.4 is 5.48 Å². The van der Waals surface area contributed by atoms with E-state index in [0.717, 1.165) is 25.7 Å². The molecule has 0 aromatic heterocycles. The molecule has 0 spiro atoms. The van der Waals surface area contributed by atoms with Crippen LogP contribution in [0, 0.1) is 17.5 Å². The lowest BCUT2D eigenvalue weighted by Gasteiger charge is -2.12. The van der Waals surface area contributed by atoms with Crippen LogP contribution in [0.2, 0.25) is 0 Å². The van der Waals surface area contributed by atoms with E-state index in [9.17, 15) is 18.0 Å². The van der Waals surface area contributed by atoms with Gasteiger partial charge in [0.15, 0.2) is 17.4 Å². The van der Waals surface area contributed by atoms with Gasteiger partial charge < -0.3 is 5.11 Å². The highest BCUT2D eigenvalue weighted by molar-refractivity contribution is 5.94. The van der Waals surface area contributed by atoms with Gasteiger partial charge in [-0.15, -0.1) is 0 Å². The lowest BCUT2D eigenvalue weighted by molar-refractivity contribution is -0.0127. The summed E-state index contributed by atoms with van der Waals surface area (Å²) in [5.74, 6) is -7.35. The molecule has 1 saturated carbocycles. The summed E-state index contributed by atoms with van der Waals surface area (Å²) < 4.78 is 39.3. The summed E-state index contributed by atoms with van der Waals surface area (Å²) in [7, 11) is 0. The Kier molecular flexibility index (Phi) is 3.94. The van der Waals surface area contributed by atoms with Gasteiger partial charge in [0, 0.05) is 0 Å². The van der Waals surface area contributed by atoms with Crippen molar-refractivity contribution < 1.29 is 27.9 Å². The average molecular weight is 275 g/mol. The summed E-state index contributed by atoms with van der Waals surface area (Å²) in [5.41, 5.74) is 1.17. The minimum atomic E-state index is -1.73. The van der Waals surface area contributed by atoms with Crippen LogP contribution in [-0.2, 0) is 4.84 Å². The van der Waals surface area contributed by atoms with Crippen LogP contribution in [0.4, 0.5) is 13.2 Å². The van der Waals surface area contributed by atoms with Gasteiger partial charge in [-0.2, -0.15) is 4.39 Å². The lowest BCUT2D eigenvalue weighted by atomic mass is 10.1. The number of phenolic OH excluding ortho intramolecular Hbond substituents is 1. The van der Waals surface area contributed by atoms with Crippen molar-refractivity contribution in [1.29, 1.82) is 0 Å². The third-order valence-electron chi connectivity index (χ3n) is 3.00. The molecule has 1 amide bonds. The first-order valence-electron chi connectivity index (χ1n) is 5.83. The Morgan fingerprint density at radius 3 is 2.53 bits per heavy atom. The van der Waals surface area contributed by atoms with E-state index < -0.39 is 34.7 Å². The van der Waals surface area contributed by atoms with Gasteiger partial charge in [0.05, 0.1) is 11.7 Å². The summed E-state index contributed by atoms with van der Waals surface area (Å²) in [5, 5.41) is 8.99. The van der Waals surface area contributed by atoms with Crippen molar-refractivity contribution in [3.8, 4) is 5.75 Å². The first kappa shape index (κ1) is 13.7. The van der Waals surface area contributed by atoms with E-state index in [-0.39, 0.29) is 6.10 Å². The zero-order valence-corrected chi connectivity index (χ0v) is 9.88. The van der Waals surface area contributed by atoms with Crippen molar-refractivity contribution in [1.82, 2.24) is 5.48 Å². The molecule has 1 fully saturated rings. The number of benzene rings is 1. The third-order valence-corrected chi connectivity index (χ3v) is 3.00. The van der Waals surface area contributed by atoms with Gasteiger partial charge in [0.2, 0.25) is 5.82 Å². The maximum Gasteiger partial charge on any atom is 0.278 e. The van der Waals surface area contributed by atoms with Crippen LogP contribution in [0.15, 0.2) is 6.07 Å².